The third-order valence-electron chi connectivity index (χ3n) is 7.95. The Morgan fingerprint density at radius 2 is 1.18 bits per heavy atom. The number of allylic oxidation sites excluding steroid dienone is 4. The van der Waals surface area contributed by atoms with Gasteiger partial charge >= 0.3 is 0 Å². The van der Waals surface area contributed by atoms with Crippen LogP contribution in [0.25, 0.3) is 83.7 Å². The first-order chi connectivity index (χ1) is 22.2. The molecule has 4 heterocycles. The average Bonchev–Trinajstić information content (AvgIpc) is 3.48. The normalized spacial score (nSPS) is 12.3. The topological polar surface area (TPSA) is 93.1 Å². The molecule has 4 aromatic heterocycles. The van der Waals surface area contributed by atoms with E-state index in [1.165, 1.54) is 0 Å². The maximum absolute atomic E-state index is 5.17. The molecule has 214 valence electrons. The molecule has 8 aromatic rings. The Morgan fingerprint density at radius 1 is 0.556 bits per heavy atom. The van der Waals surface area contributed by atoms with Crippen LogP contribution in [0.1, 0.15) is 19.5 Å². The highest BCUT2D eigenvalue weighted by molar-refractivity contribution is 6.12. The number of nitrogens with zero attached hydrogens (tertiary/aromatic N) is 6. The molecule has 0 bridgehead atoms. The van der Waals surface area contributed by atoms with Gasteiger partial charge in [0.2, 0.25) is 0 Å². The highest BCUT2D eigenvalue weighted by Crippen LogP contribution is 2.36. The zero-order chi connectivity index (χ0) is 30.3. The first-order valence-corrected chi connectivity index (χ1v) is 14.9. The van der Waals surface area contributed by atoms with Crippen molar-refractivity contribution in [3.63, 3.8) is 0 Å². The first-order valence-electron chi connectivity index (χ1n) is 14.9. The maximum atomic E-state index is 5.17. The molecule has 0 spiro atoms. The van der Waals surface area contributed by atoms with Gasteiger partial charge in [0.1, 0.15) is 11.3 Å². The number of H-pyrrole nitrogens is 1. The number of para-hydroxylation sites is 3. The summed E-state index contributed by atoms with van der Waals surface area (Å²) in [6, 6.07) is 34.4. The van der Waals surface area contributed by atoms with E-state index in [0.717, 1.165) is 60.6 Å². The van der Waals surface area contributed by atoms with Gasteiger partial charge in [-0.25, -0.2) is 29.9 Å². The van der Waals surface area contributed by atoms with Crippen LogP contribution in [0.3, 0.4) is 0 Å². The fourth-order valence-corrected chi connectivity index (χ4v) is 5.89. The van der Waals surface area contributed by atoms with E-state index >= 15 is 0 Å². The van der Waals surface area contributed by atoms with Gasteiger partial charge < -0.3 is 4.98 Å². The molecule has 8 rings (SSSR count). The van der Waals surface area contributed by atoms with E-state index in [1.807, 2.05) is 98.8 Å². The number of aromatic nitrogens is 7. The van der Waals surface area contributed by atoms with Crippen LogP contribution in [0, 0.1) is 0 Å². The lowest BCUT2D eigenvalue weighted by Crippen LogP contribution is -2.03. The second-order valence-electron chi connectivity index (χ2n) is 10.7. The van der Waals surface area contributed by atoms with Crippen molar-refractivity contribution in [2.75, 3.05) is 0 Å². The van der Waals surface area contributed by atoms with Crippen molar-refractivity contribution in [3.05, 3.63) is 127 Å². The van der Waals surface area contributed by atoms with Gasteiger partial charge in [-0.2, -0.15) is 0 Å². The van der Waals surface area contributed by atoms with E-state index in [4.69, 9.17) is 29.9 Å². The highest BCUT2D eigenvalue weighted by Gasteiger charge is 2.22. The van der Waals surface area contributed by atoms with Gasteiger partial charge in [-0.15, -0.1) is 0 Å². The van der Waals surface area contributed by atoms with E-state index in [2.05, 4.69) is 41.4 Å². The van der Waals surface area contributed by atoms with Gasteiger partial charge in [-0.05, 0) is 37.6 Å². The zero-order valence-electron chi connectivity index (χ0n) is 24.7. The Morgan fingerprint density at radius 3 is 1.96 bits per heavy atom. The summed E-state index contributed by atoms with van der Waals surface area (Å²) in [4.78, 5) is 33.9. The second kappa shape index (κ2) is 10.9. The van der Waals surface area contributed by atoms with Crippen LogP contribution in [0.15, 0.2) is 121 Å². The summed E-state index contributed by atoms with van der Waals surface area (Å²) in [6.45, 7) is 4.01. The predicted molar refractivity (Wildman–Crippen MR) is 182 cm³/mol. The molecule has 45 heavy (non-hydrogen) atoms. The number of fused-ring (bicyclic) bond motifs is 5. The van der Waals surface area contributed by atoms with Gasteiger partial charge in [0.15, 0.2) is 17.5 Å². The number of rotatable bonds is 5. The largest absolute Gasteiger partial charge is 0.339 e. The second-order valence-corrected chi connectivity index (χ2v) is 10.7. The standard InChI is InChI=1S/C38H27N7/c1-3-14-23(4-2)32-26-18-9-13-22-30(26)41-37(43-32)38-44-34(31-25-17-8-11-20-28(25)39-35(31)45-38)36-40-29-21-12-10-19-27(29)33(42-36)24-15-6-5-7-16-24/h3-22H,1-2H3,(H,39,44,45)/b14-3-,23-4+. The summed E-state index contributed by atoms with van der Waals surface area (Å²) in [6.07, 6.45) is 6.12. The molecule has 7 nitrogen and oxygen atoms in total. The van der Waals surface area contributed by atoms with E-state index in [9.17, 15) is 0 Å². The minimum Gasteiger partial charge on any atom is -0.339 e. The summed E-state index contributed by atoms with van der Waals surface area (Å²) in [5.74, 6) is 1.33. The predicted octanol–water partition coefficient (Wildman–Crippen LogP) is 8.98. The number of hydrogen-bond acceptors (Lipinski definition) is 6. The molecule has 0 amide bonds. The number of hydrogen-bond donors (Lipinski definition) is 1. The van der Waals surface area contributed by atoms with E-state index in [0.29, 0.717) is 28.8 Å². The third kappa shape index (κ3) is 4.53. The third-order valence-corrected chi connectivity index (χ3v) is 7.95. The molecule has 0 saturated carbocycles. The van der Waals surface area contributed by atoms with Crippen LogP contribution in [0.5, 0.6) is 0 Å². The van der Waals surface area contributed by atoms with E-state index in [-0.39, 0.29) is 0 Å². The van der Waals surface area contributed by atoms with Crippen molar-refractivity contribution < 1.29 is 0 Å². The lowest BCUT2D eigenvalue weighted by molar-refractivity contribution is 1.10. The molecule has 0 radical (unpaired) electrons. The molecule has 0 fully saturated rings. The summed E-state index contributed by atoms with van der Waals surface area (Å²) < 4.78 is 0. The van der Waals surface area contributed by atoms with Crippen molar-refractivity contribution in [2.24, 2.45) is 0 Å². The van der Waals surface area contributed by atoms with Gasteiger partial charge in [-0.1, -0.05) is 103 Å². The van der Waals surface area contributed by atoms with Crippen LogP contribution in [0.4, 0.5) is 0 Å². The van der Waals surface area contributed by atoms with Crippen molar-refractivity contribution in [2.45, 2.75) is 13.8 Å². The number of aromatic amines is 1. The Kier molecular flexibility index (Phi) is 6.42. The van der Waals surface area contributed by atoms with Crippen LogP contribution in [-0.2, 0) is 0 Å². The van der Waals surface area contributed by atoms with Crippen LogP contribution in [0.2, 0.25) is 0 Å². The van der Waals surface area contributed by atoms with Crippen LogP contribution >= 0.6 is 0 Å². The summed E-state index contributed by atoms with van der Waals surface area (Å²) in [5.41, 5.74) is 7.57. The lowest BCUT2D eigenvalue weighted by atomic mass is 10.1. The molecular weight excluding hydrogens is 554 g/mol. The summed E-state index contributed by atoms with van der Waals surface area (Å²) >= 11 is 0. The van der Waals surface area contributed by atoms with Gasteiger partial charge in [0, 0.05) is 27.2 Å². The molecule has 0 aliphatic carbocycles. The van der Waals surface area contributed by atoms with E-state index < -0.39 is 0 Å². The molecule has 4 aromatic carbocycles. The Hall–Kier alpha value is -6.08. The Balaban J connectivity index is 1.45. The summed E-state index contributed by atoms with van der Waals surface area (Å²) in [7, 11) is 0. The smallest absolute Gasteiger partial charge is 0.200 e. The fourth-order valence-electron chi connectivity index (χ4n) is 5.89. The quantitative estimate of drug-likeness (QED) is 0.204. The van der Waals surface area contributed by atoms with Crippen LogP contribution < -0.4 is 0 Å². The molecule has 0 aliphatic heterocycles. The van der Waals surface area contributed by atoms with Crippen LogP contribution in [-0.4, -0.2) is 34.9 Å². The van der Waals surface area contributed by atoms with E-state index in [1.54, 1.807) is 0 Å². The SMILES string of the molecule is C/C=C\C(=C/C)c1nc(-c2nc(-c3nc(-c4ccccc4)c4ccccc4n3)c3c(n2)[nH]c2ccccc23)nc2ccccc12. The summed E-state index contributed by atoms with van der Waals surface area (Å²) in [5, 5.41) is 3.79. The minimum absolute atomic E-state index is 0.394. The van der Waals surface area contributed by atoms with Crippen molar-refractivity contribution >= 4 is 49.3 Å². The maximum Gasteiger partial charge on any atom is 0.200 e. The van der Waals surface area contributed by atoms with Crippen molar-refractivity contribution in [1.29, 1.82) is 0 Å². The molecule has 0 saturated heterocycles. The Labute approximate surface area is 259 Å². The number of nitrogens with one attached hydrogen (secondary N) is 1. The van der Waals surface area contributed by atoms with Gasteiger partial charge in [0.05, 0.1) is 27.8 Å². The molecule has 0 atom stereocenters. The lowest BCUT2D eigenvalue weighted by Gasteiger charge is -2.12. The molecular formula is C38H27N7. The zero-order valence-corrected chi connectivity index (χ0v) is 24.7. The van der Waals surface area contributed by atoms with Crippen molar-refractivity contribution in [3.8, 4) is 34.4 Å². The monoisotopic (exact) mass is 581 g/mol. The molecule has 0 unspecified atom stereocenters. The first kappa shape index (κ1) is 26.5. The fraction of sp³-hybridized carbons (Fsp3) is 0.0526. The molecule has 0 aliphatic rings. The van der Waals surface area contributed by atoms with Gasteiger partial charge in [-0.3, -0.25) is 0 Å². The highest BCUT2D eigenvalue weighted by atomic mass is 15.0. The molecule has 1 N–H and O–H groups in total. The molecule has 7 heteroatoms. The van der Waals surface area contributed by atoms with Crippen molar-refractivity contribution in [1.82, 2.24) is 34.9 Å². The Bertz CT molecular complexity index is 2460. The number of benzene rings is 4. The average molecular weight is 582 g/mol. The van der Waals surface area contributed by atoms with Gasteiger partial charge in [0.25, 0.3) is 0 Å². The minimum atomic E-state index is 0.394.